The minimum Gasteiger partial charge on any atom is -0.235 e. The molecular weight excluding hydrogens is 242 g/mol. The molecule has 1 heterocycles. The van der Waals surface area contributed by atoms with Gasteiger partial charge in [0.1, 0.15) is 5.15 Å². The molecule has 1 aromatic heterocycles. The molecule has 3 rings (SSSR count). The van der Waals surface area contributed by atoms with E-state index in [1.165, 1.54) is 0 Å². The molecule has 88 valence electrons. The van der Waals surface area contributed by atoms with Crippen LogP contribution in [0.25, 0.3) is 22.0 Å². The smallest absolute Gasteiger partial charge is 0.137 e. The van der Waals surface area contributed by atoms with Crippen LogP contribution in [0.5, 0.6) is 0 Å². The van der Waals surface area contributed by atoms with E-state index in [1.54, 1.807) is 0 Å². The number of para-hydroxylation sites is 1. The fourth-order valence-electron chi connectivity index (χ4n) is 2.14. The van der Waals surface area contributed by atoms with E-state index < -0.39 is 0 Å². The number of aromatic nitrogens is 1. The second-order valence-electron chi connectivity index (χ2n) is 4.34. The molecule has 0 amide bonds. The van der Waals surface area contributed by atoms with Crippen molar-refractivity contribution in [2.24, 2.45) is 0 Å². The van der Waals surface area contributed by atoms with Gasteiger partial charge in [0.15, 0.2) is 0 Å². The van der Waals surface area contributed by atoms with Gasteiger partial charge in [-0.3, -0.25) is 0 Å². The maximum atomic E-state index is 6.30. The molecule has 0 N–H and O–H groups in total. The first-order valence-electron chi connectivity index (χ1n) is 5.87. The first-order valence-corrected chi connectivity index (χ1v) is 6.25. The molecule has 3 aromatic rings. The number of hydrogen-bond acceptors (Lipinski definition) is 1. The van der Waals surface area contributed by atoms with E-state index in [0.29, 0.717) is 5.15 Å². The summed E-state index contributed by atoms with van der Waals surface area (Å²) < 4.78 is 0. The maximum Gasteiger partial charge on any atom is 0.137 e. The number of hydrogen-bond donors (Lipinski definition) is 0. The van der Waals surface area contributed by atoms with Gasteiger partial charge in [0.05, 0.1) is 5.52 Å². The molecule has 0 saturated carbocycles. The molecule has 0 unspecified atom stereocenters. The van der Waals surface area contributed by atoms with Crippen molar-refractivity contribution in [3.8, 4) is 11.1 Å². The van der Waals surface area contributed by atoms with E-state index >= 15 is 0 Å². The third kappa shape index (κ3) is 1.87. The summed E-state index contributed by atoms with van der Waals surface area (Å²) in [6.45, 7) is 2.05. The largest absolute Gasteiger partial charge is 0.235 e. The van der Waals surface area contributed by atoms with E-state index in [1.807, 2.05) is 49.4 Å². The van der Waals surface area contributed by atoms with E-state index in [-0.39, 0.29) is 0 Å². The quantitative estimate of drug-likeness (QED) is 0.564. The minimum absolute atomic E-state index is 0.558. The van der Waals surface area contributed by atoms with Gasteiger partial charge in [0.2, 0.25) is 0 Å². The molecule has 2 aromatic carbocycles. The van der Waals surface area contributed by atoms with Crippen LogP contribution in [0.2, 0.25) is 5.15 Å². The van der Waals surface area contributed by atoms with Gasteiger partial charge in [-0.25, -0.2) is 4.98 Å². The molecule has 2 heteroatoms. The van der Waals surface area contributed by atoms with Crippen LogP contribution >= 0.6 is 11.6 Å². The molecule has 0 spiro atoms. The van der Waals surface area contributed by atoms with Crippen molar-refractivity contribution in [1.29, 1.82) is 0 Å². The lowest BCUT2D eigenvalue weighted by molar-refractivity contribution is 1.36. The fraction of sp³-hybridized carbons (Fsp3) is 0.0625. The molecule has 1 nitrogen and oxygen atoms in total. The van der Waals surface area contributed by atoms with Crippen molar-refractivity contribution in [1.82, 2.24) is 4.98 Å². The summed E-state index contributed by atoms with van der Waals surface area (Å²) in [5.74, 6) is 0. The van der Waals surface area contributed by atoms with Crippen LogP contribution in [-0.2, 0) is 0 Å². The fourth-order valence-corrected chi connectivity index (χ4v) is 2.39. The summed E-state index contributed by atoms with van der Waals surface area (Å²) in [7, 11) is 0. The molecule has 0 fully saturated rings. The number of halogens is 1. The van der Waals surface area contributed by atoms with Gasteiger partial charge in [-0.05, 0) is 24.1 Å². The topological polar surface area (TPSA) is 12.9 Å². The summed E-state index contributed by atoms with van der Waals surface area (Å²) >= 11 is 6.30. The number of pyridine rings is 1. The minimum atomic E-state index is 0.558. The van der Waals surface area contributed by atoms with Crippen LogP contribution in [0, 0.1) is 6.92 Å². The molecule has 0 radical (unpaired) electrons. The second kappa shape index (κ2) is 4.43. The lowest BCUT2D eigenvalue weighted by atomic mass is 10.0. The summed E-state index contributed by atoms with van der Waals surface area (Å²) in [5, 5.41) is 1.68. The average molecular weight is 254 g/mol. The summed E-state index contributed by atoms with van der Waals surface area (Å²) in [4.78, 5) is 4.52. The molecule has 0 aliphatic carbocycles. The van der Waals surface area contributed by atoms with E-state index in [2.05, 4.69) is 17.1 Å². The predicted octanol–water partition coefficient (Wildman–Crippen LogP) is 4.86. The van der Waals surface area contributed by atoms with Gasteiger partial charge in [0, 0.05) is 10.9 Å². The SMILES string of the molecule is Cc1cccc2cc(-c3ccccc3)c(Cl)nc12. The van der Waals surface area contributed by atoms with Crippen molar-refractivity contribution in [3.63, 3.8) is 0 Å². The van der Waals surface area contributed by atoms with E-state index in [0.717, 1.165) is 27.6 Å². The zero-order chi connectivity index (χ0) is 12.5. The number of fused-ring (bicyclic) bond motifs is 1. The van der Waals surface area contributed by atoms with Crippen molar-refractivity contribution in [3.05, 3.63) is 65.3 Å². The van der Waals surface area contributed by atoms with Gasteiger partial charge >= 0.3 is 0 Å². The van der Waals surface area contributed by atoms with Crippen LogP contribution in [-0.4, -0.2) is 4.98 Å². The normalized spacial score (nSPS) is 10.8. The molecule has 0 aliphatic rings. The summed E-state index contributed by atoms with van der Waals surface area (Å²) in [5.41, 5.74) is 4.20. The van der Waals surface area contributed by atoms with Gasteiger partial charge in [-0.1, -0.05) is 60.1 Å². The third-order valence-corrected chi connectivity index (χ3v) is 3.37. The Morgan fingerprint density at radius 3 is 2.50 bits per heavy atom. The highest BCUT2D eigenvalue weighted by molar-refractivity contribution is 6.32. The Kier molecular flexibility index (Phi) is 2.77. The second-order valence-corrected chi connectivity index (χ2v) is 4.70. The van der Waals surface area contributed by atoms with Gasteiger partial charge in [-0.2, -0.15) is 0 Å². The molecule has 0 aliphatic heterocycles. The Morgan fingerprint density at radius 1 is 0.944 bits per heavy atom. The zero-order valence-electron chi connectivity index (χ0n) is 10.0. The third-order valence-electron chi connectivity index (χ3n) is 3.09. The van der Waals surface area contributed by atoms with Gasteiger partial charge < -0.3 is 0 Å². The molecule has 18 heavy (non-hydrogen) atoms. The predicted molar refractivity (Wildman–Crippen MR) is 76.9 cm³/mol. The van der Waals surface area contributed by atoms with Crippen molar-refractivity contribution >= 4 is 22.5 Å². The molecule has 0 bridgehead atoms. The van der Waals surface area contributed by atoms with Crippen molar-refractivity contribution < 1.29 is 0 Å². The highest BCUT2D eigenvalue weighted by atomic mass is 35.5. The number of aryl methyl sites for hydroxylation is 1. The monoisotopic (exact) mass is 253 g/mol. The van der Waals surface area contributed by atoms with Crippen molar-refractivity contribution in [2.45, 2.75) is 6.92 Å². The standard InChI is InChI=1S/C16H12ClN/c1-11-6-5-9-13-10-14(16(17)18-15(11)13)12-7-3-2-4-8-12/h2-10H,1H3. The zero-order valence-corrected chi connectivity index (χ0v) is 10.8. The Bertz CT molecular complexity index is 705. The summed E-state index contributed by atoms with van der Waals surface area (Å²) in [6, 6.07) is 18.4. The molecular formula is C16H12ClN. The van der Waals surface area contributed by atoms with E-state index in [9.17, 15) is 0 Å². The van der Waals surface area contributed by atoms with E-state index in [4.69, 9.17) is 11.6 Å². The van der Waals surface area contributed by atoms with Gasteiger partial charge in [-0.15, -0.1) is 0 Å². The Hall–Kier alpha value is -1.86. The molecule has 0 saturated heterocycles. The number of benzene rings is 2. The maximum absolute atomic E-state index is 6.30. The van der Waals surface area contributed by atoms with Crippen LogP contribution in [0.4, 0.5) is 0 Å². The first-order chi connectivity index (χ1) is 8.75. The van der Waals surface area contributed by atoms with Gasteiger partial charge in [0.25, 0.3) is 0 Å². The van der Waals surface area contributed by atoms with Crippen molar-refractivity contribution in [2.75, 3.05) is 0 Å². The summed E-state index contributed by atoms with van der Waals surface area (Å²) in [6.07, 6.45) is 0. The number of nitrogens with zero attached hydrogens (tertiary/aromatic N) is 1. The number of rotatable bonds is 1. The molecule has 0 atom stereocenters. The Balaban J connectivity index is 2.29. The van der Waals surface area contributed by atoms with Crippen LogP contribution in [0.15, 0.2) is 54.6 Å². The van der Waals surface area contributed by atoms with Crippen LogP contribution < -0.4 is 0 Å². The van der Waals surface area contributed by atoms with Crippen LogP contribution in [0.3, 0.4) is 0 Å². The first kappa shape index (κ1) is 11.2. The van der Waals surface area contributed by atoms with Crippen LogP contribution in [0.1, 0.15) is 5.56 Å². The lowest BCUT2D eigenvalue weighted by Gasteiger charge is -2.07. The Labute approximate surface area is 111 Å². The highest BCUT2D eigenvalue weighted by Gasteiger charge is 2.07. The highest BCUT2D eigenvalue weighted by Crippen LogP contribution is 2.30. The average Bonchev–Trinajstić information content (AvgIpc) is 2.40. The lowest BCUT2D eigenvalue weighted by Crippen LogP contribution is -1.88. The Morgan fingerprint density at radius 2 is 1.72 bits per heavy atom.